The van der Waals surface area contributed by atoms with Crippen LogP contribution < -0.4 is 5.73 Å². The summed E-state index contributed by atoms with van der Waals surface area (Å²) < 4.78 is 2.16. The third-order valence-corrected chi connectivity index (χ3v) is 3.34. The summed E-state index contributed by atoms with van der Waals surface area (Å²) in [6.07, 6.45) is 5.47. The molecule has 0 aliphatic rings. The van der Waals surface area contributed by atoms with Crippen LogP contribution in [0, 0.1) is 0 Å². The van der Waals surface area contributed by atoms with Crippen LogP contribution in [0.4, 0.5) is 5.82 Å². The summed E-state index contributed by atoms with van der Waals surface area (Å²) in [5.41, 5.74) is 7.88. The third kappa shape index (κ3) is 3.32. The highest BCUT2D eigenvalue weighted by atomic mass is 15.1. The lowest BCUT2D eigenvalue weighted by molar-refractivity contribution is 0.291. The number of anilines is 1. The lowest BCUT2D eigenvalue weighted by Gasteiger charge is -2.19. The van der Waals surface area contributed by atoms with E-state index in [1.54, 1.807) is 6.20 Å². The van der Waals surface area contributed by atoms with Gasteiger partial charge >= 0.3 is 0 Å². The topological polar surface area (TPSA) is 60.0 Å². The van der Waals surface area contributed by atoms with E-state index >= 15 is 0 Å². The molecule has 0 radical (unpaired) electrons. The zero-order valence-corrected chi connectivity index (χ0v) is 11.6. The molecule has 0 aliphatic carbocycles. The molecular formula is C14H21N5. The number of aromatic nitrogens is 3. The van der Waals surface area contributed by atoms with Crippen LogP contribution in [0.25, 0.3) is 11.3 Å². The highest BCUT2D eigenvalue weighted by Gasteiger charge is 2.07. The Morgan fingerprint density at radius 3 is 2.79 bits per heavy atom. The first kappa shape index (κ1) is 13.5. The minimum absolute atomic E-state index is 0.536. The number of nitrogens with two attached hydrogens (primary N) is 1. The summed E-state index contributed by atoms with van der Waals surface area (Å²) in [6, 6.07) is 3.84. The summed E-state index contributed by atoms with van der Waals surface area (Å²) >= 11 is 0. The SMILES string of the molecule is CCN(CC)CCn1cncc1-c1ccnc(N)c1. The van der Waals surface area contributed by atoms with Gasteiger partial charge in [-0.2, -0.15) is 0 Å². The number of likely N-dealkylation sites (N-methyl/N-ethyl adjacent to an activating group) is 1. The molecular weight excluding hydrogens is 238 g/mol. The molecule has 5 nitrogen and oxygen atoms in total. The normalized spacial score (nSPS) is 11.1. The maximum Gasteiger partial charge on any atom is 0.123 e. The van der Waals surface area contributed by atoms with Crippen molar-refractivity contribution >= 4 is 5.82 Å². The first-order valence-electron chi connectivity index (χ1n) is 6.69. The van der Waals surface area contributed by atoms with Crippen molar-refractivity contribution in [1.29, 1.82) is 0 Å². The Labute approximate surface area is 114 Å². The molecule has 19 heavy (non-hydrogen) atoms. The molecule has 0 atom stereocenters. The van der Waals surface area contributed by atoms with Crippen molar-refractivity contribution < 1.29 is 0 Å². The Hall–Kier alpha value is -1.88. The van der Waals surface area contributed by atoms with Gasteiger partial charge in [0.1, 0.15) is 5.82 Å². The minimum Gasteiger partial charge on any atom is -0.384 e. The predicted octanol–water partition coefficient (Wildman–Crippen LogP) is 1.87. The minimum atomic E-state index is 0.536. The first-order chi connectivity index (χ1) is 9.24. The standard InChI is InChI=1S/C14H21N5/c1-3-18(4-2)7-8-19-11-16-10-13(19)12-5-6-17-14(15)9-12/h5-6,9-11H,3-4,7-8H2,1-2H3,(H2,15,17). The van der Waals surface area contributed by atoms with Gasteiger partial charge in [-0.1, -0.05) is 13.8 Å². The van der Waals surface area contributed by atoms with Gasteiger partial charge in [-0.3, -0.25) is 0 Å². The maximum absolute atomic E-state index is 5.73. The number of pyridine rings is 1. The van der Waals surface area contributed by atoms with Crippen molar-refractivity contribution in [2.24, 2.45) is 0 Å². The van der Waals surface area contributed by atoms with Gasteiger partial charge < -0.3 is 15.2 Å². The van der Waals surface area contributed by atoms with Gasteiger partial charge in [0.25, 0.3) is 0 Å². The van der Waals surface area contributed by atoms with Crippen LogP contribution in [0.2, 0.25) is 0 Å². The number of imidazole rings is 1. The fourth-order valence-electron chi connectivity index (χ4n) is 2.14. The molecule has 2 heterocycles. The fraction of sp³-hybridized carbons (Fsp3) is 0.429. The fourth-order valence-corrected chi connectivity index (χ4v) is 2.14. The lowest BCUT2D eigenvalue weighted by atomic mass is 10.2. The number of hydrogen-bond donors (Lipinski definition) is 1. The Kier molecular flexibility index (Phi) is 4.52. The smallest absolute Gasteiger partial charge is 0.123 e. The molecule has 0 saturated heterocycles. The van der Waals surface area contributed by atoms with E-state index in [-0.39, 0.29) is 0 Å². The quantitative estimate of drug-likeness (QED) is 0.860. The lowest BCUT2D eigenvalue weighted by Crippen LogP contribution is -2.27. The van der Waals surface area contributed by atoms with E-state index < -0.39 is 0 Å². The highest BCUT2D eigenvalue weighted by molar-refractivity contribution is 5.61. The molecule has 0 bridgehead atoms. The summed E-state index contributed by atoms with van der Waals surface area (Å²) in [6.45, 7) is 8.46. The number of nitrogen functional groups attached to an aromatic ring is 1. The predicted molar refractivity (Wildman–Crippen MR) is 77.7 cm³/mol. The monoisotopic (exact) mass is 259 g/mol. The molecule has 0 saturated carbocycles. The largest absolute Gasteiger partial charge is 0.384 e. The molecule has 2 aromatic rings. The summed E-state index contributed by atoms with van der Waals surface area (Å²) in [5.74, 6) is 0.536. The second-order valence-corrected chi connectivity index (χ2v) is 4.47. The number of rotatable bonds is 6. The van der Waals surface area contributed by atoms with E-state index in [2.05, 4.69) is 33.3 Å². The Morgan fingerprint density at radius 2 is 2.11 bits per heavy atom. The van der Waals surface area contributed by atoms with E-state index in [9.17, 15) is 0 Å². The molecule has 5 heteroatoms. The first-order valence-corrected chi connectivity index (χ1v) is 6.69. The average molecular weight is 259 g/mol. The summed E-state index contributed by atoms with van der Waals surface area (Å²) in [4.78, 5) is 10.7. The van der Waals surface area contributed by atoms with Crippen molar-refractivity contribution in [2.45, 2.75) is 20.4 Å². The number of hydrogen-bond acceptors (Lipinski definition) is 4. The van der Waals surface area contributed by atoms with Crippen LogP contribution >= 0.6 is 0 Å². The van der Waals surface area contributed by atoms with Crippen molar-refractivity contribution in [2.75, 3.05) is 25.4 Å². The van der Waals surface area contributed by atoms with Gasteiger partial charge in [0.05, 0.1) is 18.2 Å². The third-order valence-electron chi connectivity index (χ3n) is 3.34. The van der Waals surface area contributed by atoms with Gasteiger partial charge in [-0.05, 0) is 25.2 Å². The zero-order chi connectivity index (χ0) is 13.7. The molecule has 0 aliphatic heterocycles. The van der Waals surface area contributed by atoms with Crippen LogP contribution in [0.15, 0.2) is 30.9 Å². The number of nitrogens with zero attached hydrogens (tertiary/aromatic N) is 4. The maximum atomic E-state index is 5.73. The van der Waals surface area contributed by atoms with E-state index in [1.165, 1.54) is 0 Å². The van der Waals surface area contributed by atoms with Gasteiger partial charge in [0.2, 0.25) is 0 Å². The molecule has 2 aromatic heterocycles. The van der Waals surface area contributed by atoms with Gasteiger partial charge in [-0.25, -0.2) is 9.97 Å². The summed E-state index contributed by atoms with van der Waals surface area (Å²) in [5, 5.41) is 0. The zero-order valence-electron chi connectivity index (χ0n) is 11.6. The average Bonchev–Trinajstić information content (AvgIpc) is 2.88. The molecule has 0 fully saturated rings. The van der Waals surface area contributed by atoms with Crippen LogP contribution in [-0.2, 0) is 6.54 Å². The molecule has 0 unspecified atom stereocenters. The second kappa shape index (κ2) is 6.33. The molecule has 2 N–H and O–H groups in total. The van der Waals surface area contributed by atoms with Gasteiger partial charge in [0.15, 0.2) is 0 Å². The summed E-state index contributed by atoms with van der Waals surface area (Å²) in [7, 11) is 0. The Bertz CT molecular complexity index is 516. The Balaban J connectivity index is 2.14. The molecule has 102 valence electrons. The van der Waals surface area contributed by atoms with Gasteiger partial charge in [0, 0.05) is 24.8 Å². The molecule has 0 amide bonds. The van der Waals surface area contributed by atoms with Crippen LogP contribution in [-0.4, -0.2) is 39.1 Å². The van der Waals surface area contributed by atoms with E-state index in [0.717, 1.165) is 37.4 Å². The van der Waals surface area contributed by atoms with Crippen LogP contribution in [0.3, 0.4) is 0 Å². The second-order valence-electron chi connectivity index (χ2n) is 4.47. The van der Waals surface area contributed by atoms with E-state index in [4.69, 9.17) is 5.73 Å². The molecule has 0 spiro atoms. The molecule has 0 aromatic carbocycles. The van der Waals surface area contributed by atoms with Crippen molar-refractivity contribution in [1.82, 2.24) is 19.4 Å². The van der Waals surface area contributed by atoms with Gasteiger partial charge in [-0.15, -0.1) is 0 Å². The Morgan fingerprint density at radius 1 is 1.32 bits per heavy atom. The van der Waals surface area contributed by atoms with E-state index in [1.807, 2.05) is 24.7 Å². The van der Waals surface area contributed by atoms with Crippen molar-refractivity contribution in [3.63, 3.8) is 0 Å². The van der Waals surface area contributed by atoms with E-state index in [0.29, 0.717) is 5.82 Å². The highest BCUT2D eigenvalue weighted by Crippen LogP contribution is 2.19. The van der Waals surface area contributed by atoms with Crippen molar-refractivity contribution in [3.05, 3.63) is 30.9 Å². The van der Waals surface area contributed by atoms with Crippen LogP contribution in [0.1, 0.15) is 13.8 Å². The van der Waals surface area contributed by atoms with Crippen LogP contribution in [0.5, 0.6) is 0 Å². The van der Waals surface area contributed by atoms with Crippen molar-refractivity contribution in [3.8, 4) is 11.3 Å². The molecule has 2 rings (SSSR count).